The van der Waals surface area contributed by atoms with Crippen LogP contribution in [0.25, 0.3) is 10.9 Å². The van der Waals surface area contributed by atoms with E-state index in [1.165, 1.54) is 29.7 Å². The summed E-state index contributed by atoms with van der Waals surface area (Å²) in [6.07, 6.45) is 4.42. The summed E-state index contributed by atoms with van der Waals surface area (Å²) >= 11 is 3.53. The van der Waals surface area contributed by atoms with E-state index in [2.05, 4.69) is 38.7 Å². The number of hydrogen-bond acceptors (Lipinski definition) is 1. The maximum absolute atomic E-state index is 11.8. The predicted molar refractivity (Wildman–Crippen MR) is 98.8 cm³/mol. The van der Waals surface area contributed by atoms with Crippen molar-refractivity contribution in [2.75, 3.05) is 0 Å². The van der Waals surface area contributed by atoms with Crippen LogP contribution in [-0.4, -0.2) is 15.6 Å². The fourth-order valence-corrected chi connectivity index (χ4v) is 4.30. The normalized spacial score (nSPS) is 13.9. The molecule has 1 heterocycles. The number of benzene rings is 2. The predicted octanol–water partition coefficient (Wildman–Crippen LogP) is 5.03. The second-order valence-electron chi connectivity index (χ2n) is 6.36. The van der Waals surface area contributed by atoms with Crippen LogP contribution in [0.15, 0.2) is 46.9 Å². The molecule has 2 aromatic carbocycles. The lowest BCUT2D eigenvalue weighted by Gasteiger charge is -2.16. The highest BCUT2D eigenvalue weighted by molar-refractivity contribution is 9.10. The summed E-state index contributed by atoms with van der Waals surface area (Å²) in [6.45, 7) is 0.704. The van der Waals surface area contributed by atoms with Gasteiger partial charge in [-0.3, -0.25) is 0 Å². The van der Waals surface area contributed by atoms with Gasteiger partial charge in [0.05, 0.1) is 11.1 Å². The molecule has 0 amide bonds. The number of para-hydroxylation sites is 1. The number of fused-ring (bicyclic) bond motifs is 3. The summed E-state index contributed by atoms with van der Waals surface area (Å²) in [4.78, 5) is 11.8. The van der Waals surface area contributed by atoms with E-state index in [1.807, 2.05) is 18.2 Å². The molecular weight excluding hydrogens is 366 g/mol. The van der Waals surface area contributed by atoms with Crippen LogP contribution in [0.3, 0.4) is 0 Å². The zero-order chi connectivity index (χ0) is 16.7. The molecule has 1 N–H and O–H groups in total. The number of carbonyl (C=O) groups is 1. The molecule has 3 nitrogen and oxygen atoms in total. The van der Waals surface area contributed by atoms with Gasteiger partial charge in [0.2, 0.25) is 0 Å². The fraction of sp³-hybridized carbons (Fsp3) is 0.250. The van der Waals surface area contributed by atoms with E-state index < -0.39 is 5.97 Å². The number of halogens is 1. The van der Waals surface area contributed by atoms with Crippen LogP contribution in [0.4, 0.5) is 0 Å². The molecule has 1 aromatic heterocycles. The first kappa shape index (κ1) is 15.5. The molecule has 0 fully saturated rings. The molecular formula is C20H18BrNO2. The molecule has 1 aliphatic rings. The van der Waals surface area contributed by atoms with Crippen molar-refractivity contribution in [3.05, 3.63) is 69.3 Å². The maximum Gasteiger partial charge on any atom is 0.337 e. The molecule has 0 bridgehead atoms. The van der Waals surface area contributed by atoms with Crippen molar-refractivity contribution in [2.45, 2.75) is 32.2 Å². The summed E-state index contributed by atoms with van der Waals surface area (Å²) in [5.74, 6) is -0.856. The third-order valence-corrected chi connectivity index (χ3v) is 5.35. The lowest BCUT2D eigenvalue weighted by atomic mass is 9.95. The summed E-state index contributed by atoms with van der Waals surface area (Å²) in [6, 6.07) is 13.9. The molecule has 122 valence electrons. The Hall–Kier alpha value is -2.07. The van der Waals surface area contributed by atoms with E-state index in [1.54, 1.807) is 6.07 Å². The molecule has 0 aliphatic heterocycles. The molecule has 24 heavy (non-hydrogen) atoms. The van der Waals surface area contributed by atoms with Crippen LogP contribution in [0.5, 0.6) is 0 Å². The van der Waals surface area contributed by atoms with Crippen molar-refractivity contribution >= 4 is 32.8 Å². The van der Waals surface area contributed by atoms with Crippen LogP contribution in [0, 0.1) is 0 Å². The van der Waals surface area contributed by atoms with E-state index in [0.29, 0.717) is 12.1 Å². The number of carboxylic acid groups (broad SMARTS) is 1. The average molecular weight is 384 g/mol. The number of aromatic nitrogens is 1. The van der Waals surface area contributed by atoms with Crippen molar-refractivity contribution in [3.8, 4) is 0 Å². The Bertz CT molecular complexity index is 942. The number of hydrogen-bond donors (Lipinski definition) is 1. The SMILES string of the molecule is O=C(O)c1cccc2c3c(n(Cc4cccc(Br)c4)c12)CCCC3. The highest BCUT2D eigenvalue weighted by Crippen LogP contribution is 2.34. The van der Waals surface area contributed by atoms with Gasteiger partial charge < -0.3 is 9.67 Å². The minimum atomic E-state index is -0.856. The topological polar surface area (TPSA) is 42.2 Å². The molecule has 4 rings (SSSR count). The Kier molecular flexibility index (Phi) is 3.93. The molecule has 0 atom stereocenters. The van der Waals surface area contributed by atoms with E-state index in [-0.39, 0.29) is 0 Å². The van der Waals surface area contributed by atoms with Gasteiger partial charge in [-0.25, -0.2) is 4.79 Å². The third-order valence-electron chi connectivity index (χ3n) is 4.86. The quantitative estimate of drug-likeness (QED) is 0.688. The van der Waals surface area contributed by atoms with E-state index in [0.717, 1.165) is 28.2 Å². The molecule has 0 saturated carbocycles. The number of nitrogens with zero attached hydrogens (tertiary/aromatic N) is 1. The van der Waals surface area contributed by atoms with Crippen LogP contribution < -0.4 is 0 Å². The lowest BCUT2D eigenvalue weighted by molar-refractivity contribution is 0.0698. The molecule has 0 unspecified atom stereocenters. The van der Waals surface area contributed by atoms with Gasteiger partial charge in [0.1, 0.15) is 0 Å². The van der Waals surface area contributed by atoms with Gasteiger partial charge >= 0.3 is 5.97 Å². The highest BCUT2D eigenvalue weighted by atomic mass is 79.9. The third kappa shape index (κ3) is 2.55. The molecule has 4 heteroatoms. The summed E-state index contributed by atoms with van der Waals surface area (Å²) in [7, 11) is 0. The first-order chi connectivity index (χ1) is 11.6. The highest BCUT2D eigenvalue weighted by Gasteiger charge is 2.23. The summed E-state index contributed by atoms with van der Waals surface area (Å²) in [5, 5.41) is 10.8. The zero-order valence-electron chi connectivity index (χ0n) is 13.3. The van der Waals surface area contributed by atoms with Crippen molar-refractivity contribution in [2.24, 2.45) is 0 Å². The van der Waals surface area contributed by atoms with Gasteiger partial charge in [-0.1, -0.05) is 40.2 Å². The summed E-state index contributed by atoms with van der Waals surface area (Å²) in [5.41, 5.74) is 5.10. The fourth-order valence-electron chi connectivity index (χ4n) is 3.86. The van der Waals surface area contributed by atoms with E-state index in [4.69, 9.17) is 0 Å². The minimum absolute atomic E-state index is 0.400. The summed E-state index contributed by atoms with van der Waals surface area (Å²) < 4.78 is 3.28. The van der Waals surface area contributed by atoms with Crippen LogP contribution >= 0.6 is 15.9 Å². The van der Waals surface area contributed by atoms with Crippen molar-refractivity contribution in [1.29, 1.82) is 0 Å². The van der Waals surface area contributed by atoms with Crippen LogP contribution in [0.1, 0.15) is 40.0 Å². The Balaban J connectivity index is 1.97. The maximum atomic E-state index is 11.8. The number of rotatable bonds is 3. The largest absolute Gasteiger partial charge is 0.478 e. The zero-order valence-corrected chi connectivity index (χ0v) is 14.8. The van der Waals surface area contributed by atoms with Gasteiger partial charge in [-0.2, -0.15) is 0 Å². The van der Waals surface area contributed by atoms with E-state index in [9.17, 15) is 9.90 Å². The molecule has 0 radical (unpaired) electrons. The molecule has 0 saturated heterocycles. The van der Waals surface area contributed by atoms with Crippen molar-refractivity contribution in [3.63, 3.8) is 0 Å². The van der Waals surface area contributed by atoms with Crippen molar-refractivity contribution < 1.29 is 9.90 Å². The minimum Gasteiger partial charge on any atom is -0.478 e. The smallest absolute Gasteiger partial charge is 0.337 e. The monoisotopic (exact) mass is 383 g/mol. The Labute approximate surface area is 149 Å². The van der Waals surface area contributed by atoms with Gasteiger partial charge in [-0.05, 0) is 55.0 Å². The first-order valence-electron chi connectivity index (χ1n) is 8.26. The first-order valence-corrected chi connectivity index (χ1v) is 9.05. The Morgan fingerprint density at radius 2 is 1.92 bits per heavy atom. The second-order valence-corrected chi connectivity index (χ2v) is 7.27. The van der Waals surface area contributed by atoms with Crippen LogP contribution in [0.2, 0.25) is 0 Å². The standard InChI is InChI=1S/C20H18BrNO2/c21-14-6-3-5-13(11-14)12-22-18-10-2-1-7-15(18)16-8-4-9-17(19(16)22)20(23)24/h3-6,8-9,11H,1-2,7,10,12H2,(H,23,24). The average Bonchev–Trinajstić information content (AvgIpc) is 2.89. The van der Waals surface area contributed by atoms with E-state index >= 15 is 0 Å². The van der Waals surface area contributed by atoms with Crippen molar-refractivity contribution in [1.82, 2.24) is 4.57 Å². The van der Waals surface area contributed by atoms with Gasteiger partial charge in [-0.15, -0.1) is 0 Å². The van der Waals surface area contributed by atoms with Gasteiger partial charge in [0.15, 0.2) is 0 Å². The van der Waals surface area contributed by atoms with Gasteiger partial charge in [0, 0.05) is 22.1 Å². The molecule has 0 spiro atoms. The number of aryl methyl sites for hydroxylation is 1. The number of carboxylic acids is 1. The Morgan fingerprint density at radius 1 is 1.12 bits per heavy atom. The second kappa shape index (κ2) is 6.10. The number of aromatic carboxylic acids is 1. The van der Waals surface area contributed by atoms with Crippen LogP contribution in [-0.2, 0) is 19.4 Å². The molecule has 1 aliphatic carbocycles. The lowest BCUT2D eigenvalue weighted by Crippen LogP contribution is -2.10. The Morgan fingerprint density at radius 3 is 2.71 bits per heavy atom. The van der Waals surface area contributed by atoms with Gasteiger partial charge in [0.25, 0.3) is 0 Å². The molecule has 3 aromatic rings.